The molecule has 178 valence electrons. The number of benzene rings is 1. The quantitative estimate of drug-likeness (QED) is 0.467. The van der Waals surface area contributed by atoms with E-state index < -0.39 is 10.0 Å². The number of morpholine rings is 1. The van der Waals surface area contributed by atoms with E-state index in [2.05, 4.69) is 17.6 Å². The third kappa shape index (κ3) is 5.22. The van der Waals surface area contributed by atoms with E-state index in [4.69, 9.17) is 21.7 Å². The Kier molecular flexibility index (Phi) is 7.34. The molecule has 1 aliphatic carbocycles. The summed E-state index contributed by atoms with van der Waals surface area (Å²) in [5.41, 5.74) is 2.25. The molecule has 0 bridgehead atoms. The van der Waals surface area contributed by atoms with Gasteiger partial charge in [-0.1, -0.05) is 6.92 Å². The van der Waals surface area contributed by atoms with Crippen molar-refractivity contribution < 1.29 is 22.7 Å². The van der Waals surface area contributed by atoms with Gasteiger partial charge in [-0.05, 0) is 67.2 Å². The van der Waals surface area contributed by atoms with Crippen molar-refractivity contribution in [3.05, 3.63) is 40.3 Å². The smallest absolute Gasteiger partial charge is 0.341 e. The summed E-state index contributed by atoms with van der Waals surface area (Å²) in [6.07, 6.45) is 2.82. The van der Waals surface area contributed by atoms with Crippen molar-refractivity contribution in [2.45, 2.75) is 31.1 Å². The Morgan fingerprint density at radius 2 is 1.91 bits per heavy atom. The van der Waals surface area contributed by atoms with Gasteiger partial charge in [0.2, 0.25) is 10.0 Å². The second kappa shape index (κ2) is 10.1. The van der Waals surface area contributed by atoms with Gasteiger partial charge in [-0.2, -0.15) is 4.31 Å². The van der Waals surface area contributed by atoms with Crippen LogP contribution >= 0.6 is 23.6 Å². The Bertz CT molecular complexity index is 1140. The van der Waals surface area contributed by atoms with E-state index in [-0.39, 0.29) is 10.9 Å². The minimum Gasteiger partial charge on any atom is -0.465 e. The number of sulfonamides is 1. The highest BCUT2D eigenvalue weighted by molar-refractivity contribution is 7.89. The van der Waals surface area contributed by atoms with Crippen molar-refractivity contribution in [3.8, 4) is 0 Å². The molecule has 33 heavy (non-hydrogen) atoms. The van der Waals surface area contributed by atoms with Gasteiger partial charge in [0.1, 0.15) is 5.00 Å². The molecule has 1 aromatic heterocycles. The van der Waals surface area contributed by atoms with Crippen LogP contribution < -0.4 is 10.6 Å². The van der Waals surface area contributed by atoms with Gasteiger partial charge < -0.3 is 20.1 Å². The lowest BCUT2D eigenvalue weighted by Crippen LogP contribution is -2.40. The first-order valence-electron chi connectivity index (χ1n) is 10.8. The molecule has 2 N–H and O–H groups in total. The van der Waals surface area contributed by atoms with Crippen LogP contribution in [-0.4, -0.2) is 57.2 Å². The number of thiocarbonyl (C=S) groups is 1. The molecule has 2 aromatic rings. The Hall–Kier alpha value is -2.05. The number of anilines is 2. The number of hydrogen-bond donors (Lipinski definition) is 2. The number of ether oxygens (including phenoxy) is 2. The van der Waals surface area contributed by atoms with Crippen molar-refractivity contribution in [3.63, 3.8) is 0 Å². The van der Waals surface area contributed by atoms with E-state index >= 15 is 0 Å². The standard InChI is InChI=1S/C22H27N3O5S3/c1-14-3-8-17-18(13-14)32-20(19(17)21(26)29-2)24-22(31)23-15-4-6-16(7-5-15)33(27,28)25-9-11-30-12-10-25/h4-7,14H,3,8-13H2,1-2H3,(H2,23,24,31)/t14-/m0/s1. The summed E-state index contributed by atoms with van der Waals surface area (Å²) in [7, 11) is -2.17. The molecule has 11 heteroatoms. The van der Waals surface area contributed by atoms with E-state index in [1.54, 1.807) is 24.3 Å². The lowest BCUT2D eigenvalue weighted by molar-refractivity contribution is 0.0600. The van der Waals surface area contributed by atoms with Gasteiger partial charge >= 0.3 is 5.97 Å². The molecular weight excluding hydrogens is 482 g/mol. The molecule has 0 radical (unpaired) electrons. The molecule has 0 saturated carbocycles. The van der Waals surface area contributed by atoms with Gasteiger partial charge in [0.15, 0.2) is 5.11 Å². The molecule has 0 amide bonds. The van der Waals surface area contributed by atoms with Crippen molar-refractivity contribution in [2.75, 3.05) is 44.0 Å². The van der Waals surface area contributed by atoms with Gasteiger partial charge in [0.05, 0.1) is 30.8 Å². The fraction of sp³-hybridized carbons (Fsp3) is 0.455. The lowest BCUT2D eigenvalue weighted by Gasteiger charge is -2.26. The maximum atomic E-state index is 12.8. The summed E-state index contributed by atoms with van der Waals surface area (Å²) in [6.45, 7) is 3.71. The minimum absolute atomic E-state index is 0.224. The first kappa shape index (κ1) is 24.1. The highest BCUT2D eigenvalue weighted by Crippen LogP contribution is 2.40. The Morgan fingerprint density at radius 1 is 1.21 bits per heavy atom. The van der Waals surface area contributed by atoms with E-state index in [1.165, 1.54) is 27.6 Å². The molecule has 0 unspecified atom stereocenters. The van der Waals surface area contributed by atoms with E-state index in [0.717, 1.165) is 24.8 Å². The lowest BCUT2D eigenvalue weighted by atomic mass is 9.88. The van der Waals surface area contributed by atoms with Crippen LogP contribution in [0.15, 0.2) is 29.2 Å². The molecule has 8 nitrogen and oxygen atoms in total. The van der Waals surface area contributed by atoms with Gasteiger partial charge in [-0.25, -0.2) is 13.2 Å². The van der Waals surface area contributed by atoms with Crippen LogP contribution in [0.4, 0.5) is 10.7 Å². The molecule has 2 heterocycles. The Labute approximate surface area is 203 Å². The Balaban J connectivity index is 1.47. The van der Waals surface area contributed by atoms with Crippen LogP contribution in [0, 0.1) is 5.92 Å². The maximum absolute atomic E-state index is 12.8. The zero-order valence-electron chi connectivity index (χ0n) is 18.5. The van der Waals surface area contributed by atoms with Crippen LogP contribution in [-0.2, 0) is 32.3 Å². The van der Waals surface area contributed by atoms with Gasteiger partial charge in [0, 0.05) is 23.7 Å². The number of hydrogen-bond acceptors (Lipinski definition) is 7. The third-order valence-electron chi connectivity index (χ3n) is 5.85. The van der Waals surface area contributed by atoms with Gasteiger partial charge in [0.25, 0.3) is 0 Å². The predicted molar refractivity (Wildman–Crippen MR) is 133 cm³/mol. The minimum atomic E-state index is -3.55. The number of carbonyl (C=O) groups is 1. The fourth-order valence-electron chi connectivity index (χ4n) is 4.07. The van der Waals surface area contributed by atoms with Gasteiger partial charge in [-0.15, -0.1) is 11.3 Å². The van der Waals surface area contributed by atoms with Crippen LogP contribution in [0.3, 0.4) is 0 Å². The van der Waals surface area contributed by atoms with Crippen LogP contribution in [0.1, 0.15) is 34.1 Å². The summed E-state index contributed by atoms with van der Waals surface area (Å²) in [5.74, 6) is 0.205. The second-order valence-corrected chi connectivity index (χ2v) is 11.6. The number of thiophene rings is 1. The third-order valence-corrected chi connectivity index (χ3v) is 9.14. The van der Waals surface area contributed by atoms with Crippen LogP contribution in [0.5, 0.6) is 0 Å². The fourth-order valence-corrected chi connectivity index (χ4v) is 7.16. The highest BCUT2D eigenvalue weighted by Gasteiger charge is 2.29. The normalized spacial score (nSPS) is 18.9. The number of nitrogens with zero attached hydrogens (tertiary/aromatic N) is 1. The maximum Gasteiger partial charge on any atom is 0.341 e. The number of rotatable bonds is 5. The largest absolute Gasteiger partial charge is 0.465 e. The highest BCUT2D eigenvalue weighted by atomic mass is 32.2. The average molecular weight is 510 g/mol. The topological polar surface area (TPSA) is 97.0 Å². The summed E-state index contributed by atoms with van der Waals surface area (Å²) >= 11 is 7.00. The van der Waals surface area contributed by atoms with Crippen LogP contribution in [0.25, 0.3) is 0 Å². The van der Waals surface area contributed by atoms with Gasteiger partial charge in [-0.3, -0.25) is 0 Å². The van der Waals surface area contributed by atoms with Crippen molar-refractivity contribution in [1.29, 1.82) is 0 Å². The predicted octanol–water partition coefficient (Wildman–Crippen LogP) is 3.49. The first-order valence-corrected chi connectivity index (χ1v) is 13.4. The summed E-state index contributed by atoms with van der Waals surface area (Å²) in [4.78, 5) is 13.9. The molecule has 1 atom stereocenters. The average Bonchev–Trinajstić information content (AvgIpc) is 3.16. The van der Waals surface area contributed by atoms with Crippen molar-refractivity contribution in [1.82, 2.24) is 4.31 Å². The molecule has 1 aromatic carbocycles. The summed E-state index contributed by atoms with van der Waals surface area (Å²) in [5, 5.41) is 7.20. The van der Waals surface area contributed by atoms with E-state index in [0.29, 0.717) is 53.6 Å². The molecule has 4 rings (SSSR count). The first-order chi connectivity index (χ1) is 15.8. The monoisotopic (exact) mass is 509 g/mol. The summed E-state index contributed by atoms with van der Waals surface area (Å²) < 4.78 is 37.2. The molecule has 1 saturated heterocycles. The van der Waals surface area contributed by atoms with Crippen molar-refractivity contribution in [2.24, 2.45) is 5.92 Å². The van der Waals surface area contributed by atoms with E-state index in [1.807, 2.05) is 0 Å². The molecule has 1 fully saturated rings. The number of nitrogens with one attached hydrogen (secondary N) is 2. The second-order valence-electron chi connectivity index (χ2n) is 8.17. The summed E-state index contributed by atoms with van der Waals surface area (Å²) in [6, 6.07) is 6.45. The van der Waals surface area contributed by atoms with Crippen LogP contribution in [0.2, 0.25) is 0 Å². The zero-order valence-corrected chi connectivity index (χ0v) is 21.0. The number of esters is 1. The van der Waals surface area contributed by atoms with E-state index in [9.17, 15) is 13.2 Å². The number of carbonyl (C=O) groups excluding carboxylic acids is 1. The molecule has 2 aliphatic rings. The van der Waals surface area contributed by atoms with Crippen molar-refractivity contribution >= 4 is 55.3 Å². The number of methoxy groups -OCH3 is 1. The Morgan fingerprint density at radius 3 is 2.58 bits per heavy atom. The zero-order chi connectivity index (χ0) is 23.6. The molecule has 1 aliphatic heterocycles. The number of fused-ring (bicyclic) bond motifs is 1. The molecule has 0 spiro atoms. The SMILES string of the molecule is COC(=O)c1c(NC(=S)Nc2ccc(S(=O)(=O)N3CCOCC3)cc2)sc2c1CC[C@H](C)C2. The molecular formula is C22H27N3O5S3.